The second-order valence-electron chi connectivity index (χ2n) is 5.07. The van der Waals surface area contributed by atoms with Crippen LogP contribution in [0.15, 0.2) is 22.6 Å². The molecule has 0 spiro atoms. The SMILES string of the molecule is Cc1nnc(N2CCCC2c2ccc3c(c2)OCO3)o1. The Morgan fingerprint density at radius 2 is 2.10 bits per heavy atom. The Hall–Kier alpha value is -2.24. The zero-order valence-electron chi connectivity index (χ0n) is 11.2. The van der Waals surface area contributed by atoms with Crippen LogP contribution in [-0.2, 0) is 0 Å². The van der Waals surface area contributed by atoms with E-state index in [9.17, 15) is 0 Å². The number of aryl methyl sites for hydroxylation is 1. The molecule has 0 bridgehead atoms. The molecule has 1 fully saturated rings. The fraction of sp³-hybridized carbons (Fsp3) is 0.429. The molecule has 2 aliphatic heterocycles. The zero-order chi connectivity index (χ0) is 13.5. The van der Waals surface area contributed by atoms with Crippen LogP contribution in [0, 0.1) is 6.92 Å². The standard InChI is InChI=1S/C14H15N3O3/c1-9-15-16-14(20-9)17-6-2-3-11(17)10-4-5-12-13(7-10)19-8-18-12/h4-5,7,11H,2-3,6,8H2,1H3. The highest BCUT2D eigenvalue weighted by atomic mass is 16.7. The van der Waals surface area contributed by atoms with Gasteiger partial charge in [0.25, 0.3) is 0 Å². The third-order valence-corrected chi connectivity index (χ3v) is 3.80. The lowest BCUT2D eigenvalue weighted by Crippen LogP contribution is -2.22. The Bertz CT molecular complexity index is 640. The van der Waals surface area contributed by atoms with Gasteiger partial charge in [-0.2, -0.15) is 0 Å². The van der Waals surface area contributed by atoms with Crippen molar-refractivity contribution in [3.05, 3.63) is 29.7 Å². The van der Waals surface area contributed by atoms with E-state index in [1.807, 2.05) is 13.0 Å². The van der Waals surface area contributed by atoms with E-state index in [0.29, 0.717) is 18.7 Å². The number of ether oxygens (including phenoxy) is 2. The van der Waals surface area contributed by atoms with Crippen LogP contribution in [0.25, 0.3) is 0 Å². The van der Waals surface area contributed by atoms with Gasteiger partial charge in [0.1, 0.15) is 0 Å². The quantitative estimate of drug-likeness (QED) is 0.837. The molecule has 1 aromatic heterocycles. The van der Waals surface area contributed by atoms with E-state index in [2.05, 4.69) is 27.2 Å². The third kappa shape index (κ3) is 1.79. The molecule has 4 rings (SSSR count). The van der Waals surface area contributed by atoms with Gasteiger partial charge in [-0.1, -0.05) is 11.2 Å². The average Bonchev–Trinajstić information content (AvgIpc) is 3.17. The van der Waals surface area contributed by atoms with Crippen LogP contribution in [0.4, 0.5) is 6.01 Å². The number of aromatic nitrogens is 2. The topological polar surface area (TPSA) is 60.6 Å². The molecular weight excluding hydrogens is 258 g/mol. The molecule has 1 aromatic carbocycles. The van der Waals surface area contributed by atoms with Gasteiger partial charge in [0.15, 0.2) is 11.5 Å². The van der Waals surface area contributed by atoms with E-state index in [1.165, 1.54) is 5.56 Å². The van der Waals surface area contributed by atoms with Gasteiger partial charge in [-0.3, -0.25) is 0 Å². The molecule has 2 aromatic rings. The lowest BCUT2D eigenvalue weighted by atomic mass is 10.0. The summed E-state index contributed by atoms with van der Waals surface area (Å²) in [6.45, 7) is 3.04. The average molecular weight is 273 g/mol. The van der Waals surface area contributed by atoms with Gasteiger partial charge in [-0.15, -0.1) is 5.10 Å². The minimum atomic E-state index is 0.254. The van der Waals surface area contributed by atoms with E-state index in [4.69, 9.17) is 13.9 Å². The Labute approximate surface area is 116 Å². The van der Waals surface area contributed by atoms with Crippen molar-refractivity contribution in [3.8, 4) is 11.5 Å². The van der Waals surface area contributed by atoms with E-state index in [1.54, 1.807) is 0 Å². The Balaban J connectivity index is 1.66. The summed E-state index contributed by atoms with van der Waals surface area (Å²) < 4.78 is 16.4. The number of fused-ring (bicyclic) bond motifs is 1. The van der Waals surface area contributed by atoms with Crippen LogP contribution >= 0.6 is 0 Å². The molecule has 0 N–H and O–H groups in total. The second kappa shape index (κ2) is 4.40. The number of hydrogen-bond donors (Lipinski definition) is 0. The number of hydrogen-bond acceptors (Lipinski definition) is 6. The second-order valence-corrected chi connectivity index (χ2v) is 5.07. The highest BCUT2D eigenvalue weighted by Crippen LogP contribution is 2.40. The molecule has 6 heteroatoms. The highest BCUT2D eigenvalue weighted by Gasteiger charge is 2.30. The first-order valence-electron chi connectivity index (χ1n) is 6.77. The maximum atomic E-state index is 5.56. The van der Waals surface area contributed by atoms with E-state index in [0.717, 1.165) is 30.9 Å². The molecule has 0 radical (unpaired) electrons. The molecule has 104 valence electrons. The van der Waals surface area contributed by atoms with E-state index in [-0.39, 0.29) is 6.04 Å². The van der Waals surface area contributed by atoms with Gasteiger partial charge >= 0.3 is 6.01 Å². The fourth-order valence-electron chi connectivity index (χ4n) is 2.86. The zero-order valence-corrected chi connectivity index (χ0v) is 11.2. The minimum absolute atomic E-state index is 0.254. The van der Waals surface area contributed by atoms with Crippen LogP contribution in [0.5, 0.6) is 11.5 Å². The van der Waals surface area contributed by atoms with Crippen LogP contribution in [0.2, 0.25) is 0 Å². The van der Waals surface area contributed by atoms with Crippen LogP contribution in [0.3, 0.4) is 0 Å². The van der Waals surface area contributed by atoms with Crippen LogP contribution in [-0.4, -0.2) is 23.5 Å². The molecule has 0 aliphatic carbocycles. The van der Waals surface area contributed by atoms with Crippen molar-refractivity contribution in [3.63, 3.8) is 0 Å². The summed E-state index contributed by atoms with van der Waals surface area (Å²) in [5.74, 6) is 2.22. The molecule has 20 heavy (non-hydrogen) atoms. The molecule has 6 nitrogen and oxygen atoms in total. The fourth-order valence-corrected chi connectivity index (χ4v) is 2.86. The summed E-state index contributed by atoms with van der Waals surface area (Å²) in [5, 5.41) is 8.04. The largest absolute Gasteiger partial charge is 0.454 e. The predicted molar refractivity (Wildman–Crippen MR) is 70.9 cm³/mol. The first-order valence-corrected chi connectivity index (χ1v) is 6.77. The molecule has 0 saturated carbocycles. The molecule has 2 aliphatic rings. The van der Waals surface area contributed by atoms with Crippen molar-refractivity contribution in [2.45, 2.75) is 25.8 Å². The molecule has 3 heterocycles. The van der Waals surface area contributed by atoms with Crippen LogP contribution < -0.4 is 14.4 Å². The summed E-state index contributed by atoms with van der Waals surface area (Å²) in [7, 11) is 0. The summed E-state index contributed by atoms with van der Waals surface area (Å²) in [4.78, 5) is 2.16. The molecule has 1 saturated heterocycles. The summed E-state index contributed by atoms with van der Waals surface area (Å²) in [5.41, 5.74) is 1.20. The number of rotatable bonds is 2. The maximum absolute atomic E-state index is 5.56. The first kappa shape index (κ1) is 11.6. The monoisotopic (exact) mass is 273 g/mol. The normalized spacial score (nSPS) is 20.6. The Morgan fingerprint density at radius 1 is 1.20 bits per heavy atom. The van der Waals surface area contributed by atoms with Crippen molar-refractivity contribution in [1.29, 1.82) is 0 Å². The Kier molecular flexibility index (Phi) is 2.55. The highest BCUT2D eigenvalue weighted by molar-refractivity contribution is 5.47. The summed E-state index contributed by atoms with van der Waals surface area (Å²) in [6, 6.07) is 6.95. The smallest absolute Gasteiger partial charge is 0.318 e. The number of benzene rings is 1. The summed E-state index contributed by atoms with van der Waals surface area (Å²) in [6.07, 6.45) is 2.18. The van der Waals surface area contributed by atoms with E-state index < -0.39 is 0 Å². The van der Waals surface area contributed by atoms with Crippen molar-refractivity contribution in [2.75, 3.05) is 18.2 Å². The molecule has 1 atom stereocenters. The molecule has 0 amide bonds. The lowest BCUT2D eigenvalue weighted by Gasteiger charge is -2.22. The van der Waals surface area contributed by atoms with Gasteiger partial charge in [-0.05, 0) is 30.5 Å². The maximum Gasteiger partial charge on any atom is 0.318 e. The third-order valence-electron chi connectivity index (χ3n) is 3.80. The van der Waals surface area contributed by atoms with Gasteiger partial charge in [0.05, 0.1) is 6.04 Å². The van der Waals surface area contributed by atoms with Gasteiger partial charge < -0.3 is 18.8 Å². The minimum Gasteiger partial charge on any atom is -0.454 e. The predicted octanol–water partition coefficient (Wildman–Crippen LogP) is 2.45. The Morgan fingerprint density at radius 3 is 2.95 bits per heavy atom. The first-order chi connectivity index (χ1) is 9.81. The van der Waals surface area contributed by atoms with Gasteiger partial charge in [0.2, 0.25) is 12.7 Å². The number of anilines is 1. The summed E-state index contributed by atoms with van der Waals surface area (Å²) >= 11 is 0. The van der Waals surface area contributed by atoms with Crippen LogP contribution in [0.1, 0.15) is 30.3 Å². The van der Waals surface area contributed by atoms with E-state index >= 15 is 0 Å². The van der Waals surface area contributed by atoms with Crippen molar-refractivity contribution < 1.29 is 13.9 Å². The number of nitrogens with zero attached hydrogens (tertiary/aromatic N) is 3. The van der Waals surface area contributed by atoms with Gasteiger partial charge in [-0.25, -0.2) is 0 Å². The molecule has 1 unspecified atom stereocenters. The van der Waals surface area contributed by atoms with Crippen molar-refractivity contribution >= 4 is 6.01 Å². The van der Waals surface area contributed by atoms with Crippen molar-refractivity contribution in [1.82, 2.24) is 10.2 Å². The van der Waals surface area contributed by atoms with Gasteiger partial charge in [0, 0.05) is 13.5 Å². The van der Waals surface area contributed by atoms with Crippen molar-refractivity contribution in [2.24, 2.45) is 0 Å². The molecular formula is C14H15N3O3. The lowest BCUT2D eigenvalue weighted by molar-refractivity contribution is 0.174.